The Kier molecular flexibility index (Phi) is 2.81. The van der Waals surface area contributed by atoms with E-state index in [0.717, 1.165) is 0 Å². The highest BCUT2D eigenvalue weighted by atomic mass is 13.9. The van der Waals surface area contributed by atoms with E-state index < -0.39 is 0 Å². The van der Waals surface area contributed by atoms with Crippen LogP contribution in [-0.4, -0.2) is 7.85 Å². The van der Waals surface area contributed by atoms with Crippen molar-refractivity contribution < 1.29 is 0 Å². The molecule has 0 radical (unpaired) electrons. The smallest absolute Gasteiger partial charge is 0.117 e. The molecule has 1 heteroatoms. The molecule has 0 aliphatic carbocycles. The molecular formula is C6H13B. The molecule has 7 heavy (non-hydrogen) atoms. The molecule has 0 N–H and O–H groups in total. The Morgan fingerprint density at radius 2 is 2.00 bits per heavy atom. The summed E-state index contributed by atoms with van der Waals surface area (Å²) in [5.41, 5.74) is 1.41. The summed E-state index contributed by atoms with van der Waals surface area (Å²) >= 11 is 0. The maximum absolute atomic E-state index is 2.25. The third-order valence-electron chi connectivity index (χ3n) is 0.667. The molecule has 0 amide bonds. The van der Waals surface area contributed by atoms with Crippen LogP contribution in [0.1, 0.15) is 20.8 Å². The van der Waals surface area contributed by atoms with Gasteiger partial charge in [-0.05, 0) is 5.92 Å². The van der Waals surface area contributed by atoms with Crippen LogP contribution >= 0.6 is 0 Å². The zero-order valence-corrected chi connectivity index (χ0v) is 5.65. The van der Waals surface area contributed by atoms with Gasteiger partial charge in [0.25, 0.3) is 0 Å². The van der Waals surface area contributed by atoms with Crippen molar-refractivity contribution in [1.82, 2.24) is 0 Å². The molecule has 0 saturated carbocycles. The fraction of sp³-hybridized carbons (Fsp3) is 0.667. The van der Waals surface area contributed by atoms with Gasteiger partial charge < -0.3 is 0 Å². The van der Waals surface area contributed by atoms with E-state index in [1.165, 1.54) is 5.47 Å². The van der Waals surface area contributed by atoms with E-state index in [2.05, 4.69) is 34.7 Å². The van der Waals surface area contributed by atoms with Crippen molar-refractivity contribution in [2.24, 2.45) is 5.92 Å². The van der Waals surface area contributed by atoms with Gasteiger partial charge in [0, 0.05) is 0 Å². The van der Waals surface area contributed by atoms with Crippen LogP contribution in [0.15, 0.2) is 11.5 Å². The first-order valence-corrected chi connectivity index (χ1v) is 2.78. The molecule has 0 heterocycles. The Bertz CT molecular complexity index is 68.2. The molecule has 0 aromatic heterocycles. The maximum atomic E-state index is 2.25. The summed E-state index contributed by atoms with van der Waals surface area (Å²) in [6, 6.07) is 0. The van der Waals surface area contributed by atoms with Crippen LogP contribution in [0.25, 0.3) is 0 Å². The average Bonchev–Trinajstić information content (AvgIpc) is 1.27. The topological polar surface area (TPSA) is 0 Å². The quantitative estimate of drug-likeness (QED) is 0.430. The molecule has 0 aliphatic rings. The van der Waals surface area contributed by atoms with Crippen LogP contribution in [0, 0.1) is 5.92 Å². The highest BCUT2D eigenvalue weighted by Gasteiger charge is 1.82. The summed E-state index contributed by atoms with van der Waals surface area (Å²) in [6.45, 7) is 6.50. The van der Waals surface area contributed by atoms with Crippen molar-refractivity contribution in [3.05, 3.63) is 11.5 Å². The van der Waals surface area contributed by atoms with E-state index in [1.807, 2.05) is 0 Å². The molecule has 0 unspecified atom stereocenters. The lowest BCUT2D eigenvalue weighted by Gasteiger charge is -1.93. The Hall–Kier alpha value is -0.195. The molecule has 0 rings (SSSR count). The Labute approximate surface area is 47.0 Å². The van der Waals surface area contributed by atoms with Gasteiger partial charge in [-0.15, -0.1) is 5.47 Å². The molecule has 40 valence electrons. The van der Waals surface area contributed by atoms with Crippen molar-refractivity contribution in [3.8, 4) is 0 Å². The van der Waals surface area contributed by atoms with Crippen LogP contribution in [0.2, 0.25) is 0 Å². The van der Waals surface area contributed by atoms with Crippen molar-refractivity contribution >= 4 is 7.85 Å². The minimum absolute atomic E-state index is 0.713. The molecule has 0 nitrogen and oxygen atoms in total. The Balaban J connectivity index is 3.45. The highest BCUT2D eigenvalue weighted by Crippen LogP contribution is 1.95. The van der Waals surface area contributed by atoms with Gasteiger partial charge in [-0.25, -0.2) is 0 Å². The van der Waals surface area contributed by atoms with E-state index in [9.17, 15) is 0 Å². The summed E-state index contributed by atoms with van der Waals surface area (Å²) in [6.07, 6.45) is 2.25. The minimum Gasteiger partial charge on any atom is -0.117 e. The molecule has 0 fully saturated rings. The number of hydrogen-bond donors (Lipinski definition) is 0. The number of allylic oxidation sites excluding steroid dienone is 2. The summed E-state index contributed by atoms with van der Waals surface area (Å²) in [7, 11) is 2.12. The number of hydrogen-bond acceptors (Lipinski definition) is 0. The zero-order valence-electron chi connectivity index (χ0n) is 5.65. The van der Waals surface area contributed by atoms with E-state index in [4.69, 9.17) is 0 Å². The van der Waals surface area contributed by atoms with Gasteiger partial charge in [0.1, 0.15) is 7.85 Å². The zero-order chi connectivity index (χ0) is 5.86. The molecule has 0 atom stereocenters. The molecule has 0 saturated heterocycles. The van der Waals surface area contributed by atoms with Gasteiger partial charge in [-0.3, -0.25) is 0 Å². The number of rotatable bonds is 1. The Morgan fingerprint density at radius 1 is 1.57 bits per heavy atom. The lowest BCUT2D eigenvalue weighted by atomic mass is 9.94. The van der Waals surface area contributed by atoms with Crippen molar-refractivity contribution in [2.45, 2.75) is 20.8 Å². The van der Waals surface area contributed by atoms with E-state index >= 15 is 0 Å². The molecular weight excluding hydrogens is 82.9 g/mol. The van der Waals surface area contributed by atoms with Crippen molar-refractivity contribution in [2.75, 3.05) is 0 Å². The lowest BCUT2D eigenvalue weighted by molar-refractivity contribution is 0.828. The summed E-state index contributed by atoms with van der Waals surface area (Å²) < 4.78 is 0. The summed E-state index contributed by atoms with van der Waals surface area (Å²) in [5, 5.41) is 0. The van der Waals surface area contributed by atoms with E-state index in [0.29, 0.717) is 5.92 Å². The van der Waals surface area contributed by atoms with Crippen LogP contribution in [0.4, 0.5) is 0 Å². The predicted octanol–water partition coefficient (Wildman–Crippen LogP) is 1.18. The second-order valence-electron chi connectivity index (χ2n) is 2.49. The second kappa shape index (κ2) is 2.89. The second-order valence-corrected chi connectivity index (χ2v) is 2.49. The standard InChI is InChI=1S/C6H13B/c1-5(2)4-6(3)7/h4-5H,7H2,1-3H3. The first kappa shape index (κ1) is 6.80. The van der Waals surface area contributed by atoms with E-state index in [1.54, 1.807) is 0 Å². The molecule has 0 bridgehead atoms. The van der Waals surface area contributed by atoms with Gasteiger partial charge in [0.15, 0.2) is 0 Å². The molecule has 0 spiro atoms. The monoisotopic (exact) mass is 96.1 g/mol. The van der Waals surface area contributed by atoms with Crippen LogP contribution in [0.5, 0.6) is 0 Å². The Morgan fingerprint density at radius 3 is 2.00 bits per heavy atom. The maximum Gasteiger partial charge on any atom is 0.133 e. The lowest BCUT2D eigenvalue weighted by Crippen LogP contribution is -1.80. The van der Waals surface area contributed by atoms with Gasteiger partial charge in [0.2, 0.25) is 0 Å². The summed E-state index contributed by atoms with van der Waals surface area (Å²) in [5.74, 6) is 0.713. The largest absolute Gasteiger partial charge is 0.133 e. The van der Waals surface area contributed by atoms with Crippen molar-refractivity contribution in [3.63, 3.8) is 0 Å². The van der Waals surface area contributed by atoms with Crippen LogP contribution in [0.3, 0.4) is 0 Å². The first-order chi connectivity index (χ1) is 3.13. The first-order valence-electron chi connectivity index (χ1n) is 2.78. The SMILES string of the molecule is BC(C)=CC(C)C. The molecule has 0 aromatic carbocycles. The third kappa shape index (κ3) is 5.80. The van der Waals surface area contributed by atoms with Crippen molar-refractivity contribution in [1.29, 1.82) is 0 Å². The molecule has 0 aliphatic heterocycles. The predicted molar refractivity (Wildman–Crippen MR) is 37.1 cm³/mol. The minimum atomic E-state index is 0.713. The van der Waals surface area contributed by atoms with Gasteiger partial charge in [0.05, 0.1) is 0 Å². The fourth-order valence-electron chi connectivity index (χ4n) is 0.667. The third-order valence-corrected chi connectivity index (χ3v) is 0.667. The van der Waals surface area contributed by atoms with Gasteiger partial charge >= 0.3 is 0 Å². The average molecular weight is 96.0 g/mol. The fourth-order valence-corrected chi connectivity index (χ4v) is 0.667. The summed E-state index contributed by atoms with van der Waals surface area (Å²) in [4.78, 5) is 0. The normalized spacial score (nSPS) is 12.9. The van der Waals surface area contributed by atoms with Crippen LogP contribution in [-0.2, 0) is 0 Å². The molecule has 0 aromatic rings. The van der Waals surface area contributed by atoms with Gasteiger partial charge in [-0.2, -0.15) is 0 Å². The highest BCUT2D eigenvalue weighted by molar-refractivity contribution is 6.21. The van der Waals surface area contributed by atoms with E-state index in [-0.39, 0.29) is 0 Å². The van der Waals surface area contributed by atoms with Gasteiger partial charge in [-0.1, -0.05) is 26.8 Å². The van der Waals surface area contributed by atoms with Crippen LogP contribution < -0.4 is 0 Å².